The van der Waals surface area contributed by atoms with Crippen LogP contribution in [0.25, 0.3) is 0 Å². The molecule has 0 saturated heterocycles. The van der Waals surface area contributed by atoms with Crippen LogP contribution in [0.5, 0.6) is 0 Å². The molecule has 0 amide bonds. The molecule has 0 radical (unpaired) electrons. The molecule has 0 bridgehead atoms. The van der Waals surface area contributed by atoms with Crippen LogP contribution < -0.4 is 5.14 Å². The van der Waals surface area contributed by atoms with Crippen molar-refractivity contribution < 1.29 is 44.7 Å². The molecule has 0 unspecified atom stereocenters. The number of sulfonamides is 1. The summed E-state index contributed by atoms with van der Waals surface area (Å²) in [5, 5.41) is 10.8. The van der Waals surface area contributed by atoms with Gasteiger partial charge in [0.2, 0.25) is 0 Å². The third-order valence-corrected chi connectivity index (χ3v) is 1.21. The maximum atomic E-state index is 10.8. The Morgan fingerprint density at radius 1 is 1.07 bits per heavy atom. The summed E-state index contributed by atoms with van der Waals surface area (Å²) in [5.41, 5.74) is -5.31. The average Bonchev–Trinajstić information content (AvgIpc) is 1.80. The van der Waals surface area contributed by atoms with Crippen molar-refractivity contribution in [2.75, 3.05) is 0 Å². The van der Waals surface area contributed by atoms with Gasteiger partial charge in [-0.05, 0) is 0 Å². The maximum absolute atomic E-state index is 10.8. The van der Waals surface area contributed by atoms with E-state index >= 15 is 0 Å². The smallest absolute Gasteiger partial charge is 0.475 e. The quantitative estimate of drug-likeness (QED) is 0.619. The topological polar surface area (TPSA) is 97.5 Å². The zero-order valence-corrected chi connectivity index (χ0v) is 7.24. The van der Waals surface area contributed by atoms with E-state index in [-0.39, 0.29) is 0 Å². The highest BCUT2D eigenvalue weighted by Crippen LogP contribution is 2.18. The first-order valence-electron chi connectivity index (χ1n) is 2.58. The molecule has 0 aliphatic carbocycles. The van der Waals surface area contributed by atoms with E-state index in [4.69, 9.17) is 9.90 Å². The molecule has 0 aliphatic heterocycles. The summed E-state index contributed by atoms with van der Waals surface area (Å²) >= 11 is 0. The molecule has 0 atom stereocenters. The molecule has 0 aliphatic rings. The molecule has 0 aromatic rings. The van der Waals surface area contributed by atoms with Crippen molar-refractivity contribution in [2.24, 2.45) is 5.14 Å². The number of alkyl halides is 6. The minimum atomic E-state index is -5.34. The summed E-state index contributed by atoms with van der Waals surface area (Å²) in [7, 11) is -5.34. The van der Waals surface area contributed by atoms with Gasteiger partial charge in [0.05, 0.1) is 0 Å². The number of rotatable bonds is 0. The number of hydrogen-bond acceptors (Lipinski definition) is 3. The fourth-order valence-electron chi connectivity index (χ4n) is 0. The van der Waals surface area contributed by atoms with E-state index in [1.54, 1.807) is 0 Å². The van der Waals surface area contributed by atoms with Crippen molar-refractivity contribution in [1.29, 1.82) is 0 Å². The molecule has 3 N–H and O–H groups in total. The number of hydrogen-bond donors (Lipinski definition) is 2. The Morgan fingerprint density at radius 2 is 1.20 bits per heavy atom. The van der Waals surface area contributed by atoms with Gasteiger partial charge in [0, 0.05) is 0 Å². The van der Waals surface area contributed by atoms with E-state index < -0.39 is 27.7 Å². The van der Waals surface area contributed by atoms with E-state index in [0.717, 1.165) is 0 Å². The van der Waals surface area contributed by atoms with Gasteiger partial charge in [0.1, 0.15) is 0 Å². The fraction of sp³-hybridized carbons (Fsp3) is 0.667. The summed E-state index contributed by atoms with van der Waals surface area (Å²) in [5.74, 6) is -2.76. The molecule has 92 valence electrons. The van der Waals surface area contributed by atoms with Crippen LogP contribution in [0, 0.1) is 0 Å². The van der Waals surface area contributed by atoms with E-state index in [1.165, 1.54) is 0 Å². The van der Waals surface area contributed by atoms with Gasteiger partial charge < -0.3 is 5.11 Å². The third kappa shape index (κ3) is 7.99. The Bertz CT molecular complexity index is 314. The van der Waals surface area contributed by atoms with E-state index in [0.29, 0.717) is 0 Å². The van der Waals surface area contributed by atoms with Crippen molar-refractivity contribution in [3.63, 3.8) is 0 Å². The van der Waals surface area contributed by atoms with Crippen LogP contribution in [0.3, 0.4) is 0 Å². The predicted octanol–water partition coefficient (Wildman–Crippen LogP) is 0.428. The molecular weight excluding hydrogens is 260 g/mol. The van der Waals surface area contributed by atoms with Gasteiger partial charge in [-0.25, -0.2) is 18.4 Å². The Labute approximate surface area is 78.5 Å². The van der Waals surface area contributed by atoms with Gasteiger partial charge in [0.25, 0.3) is 0 Å². The zero-order chi connectivity index (χ0) is 13.1. The molecule has 15 heavy (non-hydrogen) atoms. The summed E-state index contributed by atoms with van der Waals surface area (Å²) in [6, 6.07) is 0. The first-order chi connectivity index (χ1) is 6.19. The molecule has 0 rings (SSSR count). The monoisotopic (exact) mass is 263 g/mol. The van der Waals surface area contributed by atoms with Crippen LogP contribution in [0.4, 0.5) is 26.3 Å². The molecule has 12 heteroatoms. The van der Waals surface area contributed by atoms with Crippen LogP contribution in [-0.4, -0.2) is 31.2 Å². The van der Waals surface area contributed by atoms with Gasteiger partial charge in [-0.1, -0.05) is 0 Å². The highest BCUT2D eigenvalue weighted by molar-refractivity contribution is 7.90. The van der Waals surface area contributed by atoms with Gasteiger partial charge in [-0.2, -0.15) is 26.3 Å². The van der Waals surface area contributed by atoms with Crippen molar-refractivity contribution >= 4 is 16.0 Å². The summed E-state index contributed by atoms with van der Waals surface area (Å²) in [6.07, 6.45) is -5.08. The second-order valence-corrected chi connectivity index (χ2v) is 3.35. The molecule has 0 saturated carbocycles. The average molecular weight is 263 g/mol. The Balaban J connectivity index is 0. The minimum Gasteiger partial charge on any atom is -0.475 e. The molecule has 0 aromatic carbocycles. The lowest BCUT2D eigenvalue weighted by atomic mass is 10.7. The SMILES string of the molecule is NS(=O)(=O)C(F)(F)F.O=C(O)C(F)(F)F. The first kappa shape index (κ1) is 16.4. The number of nitrogens with two attached hydrogens (primary N) is 1. The standard InChI is InChI=1S/C2HF3O2.CH2F3NO2S/c3-2(4,5)1(6)7;2-1(3,4)8(5,6)7/h(H,6,7);(H2,5,6,7). The van der Waals surface area contributed by atoms with Crippen LogP contribution in [0.1, 0.15) is 0 Å². The molecule has 0 aromatic heterocycles. The molecule has 0 heterocycles. The van der Waals surface area contributed by atoms with Crippen LogP contribution in [-0.2, 0) is 14.8 Å². The molecule has 0 spiro atoms. The zero-order valence-electron chi connectivity index (χ0n) is 6.43. The molecule has 0 fully saturated rings. The largest absolute Gasteiger partial charge is 0.511 e. The van der Waals surface area contributed by atoms with E-state index in [1.807, 2.05) is 0 Å². The summed E-state index contributed by atoms with van der Waals surface area (Å²) in [6.45, 7) is 0. The van der Waals surface area contributed by atoms with Crippen LogP contribution >= 0.6 is 0 Å². The highest BCUT2D eigenvalue weighted by atomic mass is 32.2. The molecule has 5 nitrogen and oxygen atoms in total. The maximum Gasteiger partial charge on any atom is 0.511 e. The van der Waals surface area contributed by atoms with Gasteiger partial charge in [0.15, 0.2) is 0 Å². The normalized spacial score (nSPS) is 12.7. The van der Waals surface area contributed by atoms with Crippen molar-refractivity contribution in [3.05, 3.63) is 0 Å². The van der Waals surface area contributed by atoms with Crippen molar-refractivity contribution in [3.8, 4) is 0 Å². The van der Waals surface area contributed by atoms with Crippen LogP contribution in [0.2, 0.25) is 0 Å². The first-order valence-corrected chi connectivity index (χ1v) is 4.13. The van der Waals surface area contributed by atoms with Crippen molar-refractivity contribution in [2.45, 2.75) is 11.7 Å². The number of carboxylic acids is 1. The lowest BCUT2D eigenvalue weighted by molar-refractivity contribution is -0.192. The van der Waals surface area contributed by atoms with E-state index in [9.17, 15) is 34.8 Å². The second-order valence-electron chi connectivity index (χ2n) is 1.79. The molecular formula is C3H3F6NO4S. The van der Waals surface area contributed by atoms with Crippen molar-refractivity contribution in [1.82, 2.24) is 0 Å². The lowest BCUT2D eigenvalue weighted by Gasteiger charge is -1.98. The number of carbonyl (C=O) groups is 1. The summed E-state index contributed by atoms with van der Waals surface area (Å²) in [4.78, 5) is 8.90. The Morgan fingerprint density at radius 3 is 1.20 bits per heavy atom. The lowest BCUT2D eigenvalue weighted by Crippen LogP contribution is -2.30. The third-order valence-electron chi connectivity index (χ3n) is 0.565. The number of halogens is 6. The minimum absolute atomic E-state index is 2.76. The second kappa shape index (κ2) is 4.65. The predicted molar refractivity (Wildman–Crippen MR) is 32.9 cm³/mol. The van der Waals surface area contributed by atoms with Crippen LogP contribution in [0.15, 0.2) is 0 Å². The Kier molecular flexibility index (Phi) is 5.08. The van der Waals surface area contributed by atoms with Gasteiger partial charge >= 0.3 is 27.7 Å². The number of carboxylic acid groups (broad SMARTS) is 1. The van der Waals surface area contributed by atoms with Gasteiger partial charge in [-0.3, -0.25) is 0 Å². The fourth-order valence-corrected chi connectivity index (χ4v) is 0. The summed E-state index contributed by atoms with van der Waals surface area (Å²) < 4.78 is 82.9. The highest BCUT2D eigenvalue weighted by Gasteiger charge is 2.42. The van der Waals surface area contributed by atoms with Gasteiger partial charge in [-0.15, -0.1) is 0 Å². The number of aliphatic carboxylic acids is 1. The number of primary sulfonamides is 1. The van der Waals surface area contributed by atoms with E-state index in [2.05, 4.69) is 5.14 Å². The Hall–Kier alpha value is -1.04.